The molecule has 3 heterocycles. The van der Waals surface area contributed by atoms with Crippen molar-refractivity contribution in [3.05, 3.63) is 35.5 Å². The lowest BCUT2D eigenvalue weighted by Crippen LogP contribution is -2.55. The summed E-state index contributed by atoms with van der Waals surface area (Å²) in [6.45, 7) is 4.99. The molecule has 3 heteroatoms. The zero-order valence-corrected chi connectivity index (χ0v) is 14.1. The van der Waals surface area contributed by atoms with E-state index in [1.165, 1.54) is 35.0 Å². The predicted molar refractivity (Wildman–Crippen MR) is 94.7 cm³/mol. The van der Waals surface area contributed by atoms with E-state index in [1.807, 2.05) is 0 Å². The average Bonchev–Trinajstić information content (AvgIpc) is 2.93. The van der Waals surface area contributed by atoms with Crippen LogP contribution in [0.15, 0.2) is 24.3 Å². The first-order chi connectivity index (χ1) is 11.3. The Morgan fingerprint density at radius 1 is 1.26 bits per heavy atom. The maximum atomic E-state index is 9.65. The second-order valence-corrected chi connectivity index (χ2v) is 7.48. The minimum absolute atomic E-state index is 0.292. The van der Waals surface area contributed by atoms with Crippen molar-refractivity contribution in [1.82, 2.24) is 9.88 Å². The highest BCUT2D eigenvalue weighted by atomic mass is 16.3. The molecule has 4 rings (SSSR count). The monoisotopic (exact) mass is 312 g/mol. The summed E-state index contributed by atoms with van der Waals surface area (Å²) in [5.74, 6) is 0.493. The van der Waals surface area contributed by atoms with Gasteiger partial charge < -0.3 is 10.1 Å². The Morgan fingerprint density at radius 2 is 2.13 bits per heavy atom. The second kappa shape index (κ2) is 5.95. The van der Waals surface area contributed by atoms with Gasteiger partial charge >= 0.3 is 0 Å². The van der Waals surface area contributed by atoms with Crippen LogP contribution in [0.3, 0.4) is 0 Å². The number of aliphatic hydroxyl groups is 1. The van der Waals surface area contributed by atoms with E-state index in [0.717, 1.165) is 38.8 Å². The van der Waals surface area contributed by atoms with Gasteiger partial charge in [-0.15, -0.1) is 0 Å². The standard InChI is InChI=1S/C20H28N2O/c1-2-20-10-7-19-17(16-5-3-4-6-18(16)21-19)9-12-22(20)11-8-15(13-20)14-23/h3-6,15,21,23H,2,7-14H2,1H3. The van der Waals surface area contributed by atoms with Gasteiger partial charge in [0.15, 0.2) is 0 Å². The number of rotatable bonds is 2. The fourth-order valence-corrected chi connectivity index (χ4v) is 5.01. The number of para-hydroxylation sites is 1. The van der Waals surface area contributed by atoms with Crippen LogP contribution in [-0.2, 0) is 12.8 Å². The topological polar surface area (TPSA) is 39.3 Å². The summed E-state index contributed by atoms with van der Waals surface area (Å²) in [5.41, 5.74) is 4.57. The zero-order valence-electron chi connectivity index (χ0n) is 14.1. The molecule has 0 radical (unpaired) electrons. The molecule has 2 N–H and O–H groups in total. The van der Waals surface area contributed by atoms with Gasteiger partial charge in [-0.2, -0.15) is 0 Å². The Bertz CT molecular complexity index is 692. The van der Waals surface area contributed by atoms with Crippen molar-refractivity contribution >= 4 is 10.9 Å². The van der Waals surface area contributed by atoms with Crippen molar-refractivity contribution in [3.63, 3.8) is 0 Å². The number of H-pyrrole nitrogens is 1. The molecule has 2 aliphatic heterocycles. The maximum Gasteiger partial charge on any atom is 0.0460 e. The van der Waals surface area contributed by atoms with Crippen LogP contribution in [0, 0.1) is 5.92 Å². The fraction of sp³-hybridized carbons (Fsp3) is 0.600. The van der Waals surface area contributed by atoms with E-state index in [-0.39, 0.29) is 0 Å². The largest absolute Gasteiger partial charge is 0.396 e. The van der Waals surface area contributed by atoms with Gasteiger partial charge in [-0.05, 0) is 62.6 Å². The lowest BCUT2D eigenvalue weighted by Gasteiger charge is -2.50. The number of nitrogens with one attached hydrogen (secondary N) is 1. The molecule has 0 amide bonds. The number of nitrogens with zero attached hydrogens (tertiary/aromatic N) is 1. The summed E-state index contributed by atoms with van der Waals surface area (Å²) in [4.78, 5) is 6.42. The third kappa shape index (κ3) is 2.50. The first-order valence-corrected chi connectivity index (χ1v) is 9.20. The molecule has 0 bridgehead atoms. The van der Waals surface area contributed by atoms with Gasteiger partial charge in [-0.1, -0.05) is 25.1 Å². The minimum Gasteiger partial charge on any atom is -0.396 e. The number of hydrogen-bond acceptors (Lipinski definition) is 2. The molecule has 1 aromatic carbocycles. The van der Waals surface area contributed by atoms with Crippen LogP contribution >= 0.6 is 0 Å². The molecule has 3 nitrogen and oxygen atoms in total. The SMILES string of the molecule is CCC12CCc3[nH]c4ccccc4c3CCN1CCC(CO)C2. The van der Waals surface area contributed by atoms with Gasteiger partial charge in [-0.25, -0.2) is 0 Å². The lowest BCUT2D eigenvalue weighted by molar-refractivity contribution is -0.00590. The summed E-state index contributed by atoms with van der Waals surface area (Å²) in [6.07, 6.45) is 6.99. The van der Waals surface area contributed by atoms with Gasteiger partial charge in [0.2, 0.25) is 0 Å². The van der Waals surface area contributed by atoms with Crippen LogP contribution < -0.4 is 0 Å². The molecule has 0 saturated carbocycles. The van der Waals surface area contributed by atoms with Crippen LogP contribution in [0.2, 0.25) is 0 Å². The van der Waals surface area contributed by atoms with Gasteiger partial charge in [0.25, 0.3) is 0 Å². The number of aryl methyl sites for hydroxylation is 1. The Kier molecular flexibility index (Phi) is 3.94. The second-order valence-electron chi connectivity index (χ2n) is 7.48. The van der Waals surface area contributed by atoms with E-state index in [1.54, 1.807) is 0 Å². The van der Waals surface area contributed by atoms with E-state index in [4.69, 9.17) is 0 Å². The summed E-state index contributed by atoms with van der Waals surface area (Å²) in [5, 5.41) is 11.1. The number of benzene rings is 1. The first-order valence-electron chi connectivity index (χ1n) is 9.20. The molecule has 1 fully saturated rings. The van der Waals surface area contributed by atoms with E-state index < -0.39 is 0 Å². The summed E-state index contributed by atoms with van der Waals surface area (Å²) < 4.78 is 0. The van der Waals surface area contributed by atoms with E-state index in [9.17, 15) is 5.11 Å². The molecule has 2 aliphatic rings. The number of aliphatic hydroxyl groups excluding tert-OH is 1. The lowest BCUT2D eigenvalue weighted by atomic mass is 9.74. The molecule has 2 aromatic rings. The van der Waals surface area contributed by atoms with E-state index in [2.05, 4.69) is 41.1 Å². The highest BCUT2D eigenvalue weighted by molar-refractivity contribution is 5.84. The molecule has 2 atom stereocenters. The van der Waals surface area contributed by atoms with Gasteiger partial charge in [0.05, 0.1) is 0 Å². The number of aromatic amines is 1. The smallest absolute Gasteiger partial charge is 0.0460 e. The molecule has 23 heavy (non-hydrogen) atoms. The number of hydrogen-bond donors (Lipinski definition) is 2. The first kappa shape index (κ1) is 15.2. The molecule has 2 unspecified atom stereocenters. The van der Waals surface area contributed by atoms with Crippen LogP contribution in [0.4, 0.5) is 0 Å². The highest BCUT2D eigenvalue weighted by Gasteiger charge is 2.41. The van der Waals surface area contributed by atoms with E-state index in [0.29, 0.717) is 18.1 Å². The number of piperidine rings is 1. The van der Waals surface area contributed by atoms with Crippen molar-refractivity contribution in [3.8, 4) is 0 Å². The predicted octanol–water partition coefficient (Wildman–Crippen LogP) is 3.51. The molecule has 124 valence electrons. The highest BCUT2D eigenvalue weighted by Crippen LogP contribution is 2.40. The number of aromatic nitrogens is 1. The normalized spacial score (nSPS) is 28.9. The molecule has 1 aromatic heterocycles. The molecular weight excluding hydrogens is 284 g/mol. The molecule has 1 saturated heterocycles. The van der Waals surface area contributed by atoms with Crippen LogP contribution in [0.25, 0.3) is 10.9 Å². The summed E-state index contributed by atoms with van der Waals surface area (Å²) in [6, 6.07) is 8.73. The van der Waals surface area contributed by atoms with Crippen molar-refractivity contribution < 1.29 is 5.11 Å². The van der Waals surface area contributed by atoms with Crippen LogP contribution in [-0.4, -0.2) is 40.2 Å². The van der Waals surface area contributed by atoms with Crippen LogP contribution in [0.5, 0.6) is 0 Å². The van der Waals surface area contributed by atoms with Crippen molar-refractivity contribution in [2.75, 3.05) is 19.7 Å². The van der Waals surface area contributed by atoms with Gasteiger partial charge in [-0.3, -0.25) is 4.90 Å². The molecular formula is C20H28N2O. The average molecular weight is 312 g/mol. The summed E-state index contributed by atoms with van der Waals surface area (Å²) >= 11 is 0. The Morgan fingerprint density at radius 3 is 2.96 bits per heavy atom. The number of fused-ring (bicyclic) bond motifs is 4. The van der Waals surface area contributed by atoms with Crippen LogP contribution in [0.1, 0.15) is 43.9 Å². The fourth-order valence-electron chi connectivity index (χ4n) is 5.01. The molecule has 0 spiro atoms. The van der Waals surface area contributed by atoms with Gasteiger partial charge in [0, 0.05) is 35.3 Å². The Labute approximate surface area is 138 Å². The van der Waals surface area contributed by atoms with Crippen molar-refractivity contribution in [2.45, 2.75) is 51.0 Å². The van der Waals surface area contributed by atoms with E-state index >= 15 is 0 Å². The Balaban J connectivity index is 1.69. The Hall–Kier alpha value is -1.32. The summed E-state index contributed by atoms with van der Waals surface area (Å²) in [7, 11) is 0. The van der Waals surface area contributed by atoms with Crippen molar-refractivity contribution in [2.24, 2.45) is 5.92 Å². The third-order valence-electron chi connectivity index (χ3n) is 6.44. The van der Waals surface area contributed by atoms with Crippen molar-refractivity contribution in [1.29, 1.82) is 0 Å². The van der Waals surface area contributed by atoms with Gasteiger partial charge in [0.1, 0.15) is 0 Å². The minimum atomic E-state index is 0.292. The maximum absolute atomic E-state index is 9.65. The quantitative estimate of drug-likeness (QED) is 0.891. The third-order valence-corrected chi connectivity index (χ3v) is 6.44. The zero-order chi connectivity index (χ0) is 15.9. The molecule has 0 aliphatic carbocycles.